The number of nitrogens with one attached hydrogen (secondary N) is 2. The van der Waals surface area contributed by atoms with Gasteiger partial charge in [-0.05, 0) is 63.4 Å². The van der Waals surface area contributed by atoms with Crippen molar-refractivity contribution in [1.82, 2.24) is 5.32 Å². The van der Waals surface area contributed by atoms with Gasteiger partial charge in [0.2, 0.25) is 0 Å². The molecule has 4 aromatic carbocycles. The summed E-state index contributed by atoms with van der Waals surface area (Å²) in [6.07, 6.45) is 3.05. The summed E-state index contributed by atoms with van der Waals surface area (Å²) in [5.74, 6) is -0.0420. The molecule has 1 atom stereocenters. The predicted molar refractivity (Wildman–Crippen MR) is 128 cm³/mol. The van der Waals surface area contributed by atoms with E-state index in [0.717, 1.165) is 33.3 Å². The van der Waals surface area contributed by atoms with Crippen LogP contribution in [0.15, 0.2) is 83.8 Å². The maximum absolute atomic E-state index is 12.7. The molecule has 1 aliphatic heterocycles. The molecule has 1 saturated heterocycles. The number of amides is 1. The fourth-order valence-electron chi connectivity index (χ4n) is 3.89. The van der Waals surface area contributed by atoms with E-state index in [2.05, 4.69) is 84.3 Å². The van der Waals surface area contributed by atoms with Gasteiger partial charge in [-0.1, -0.05) is 79.3 Å². The lowest BCUT2D eigenvalue weighted by molar-refractivity contribution is -0.116. The smallest absolute Gasteiger partial charge is 0.260 e. The molecule has 4 aromatic rings. The fraction of sp³-hybridized carbons (Fsp3) is 0.115. The van der Waals surface area contributed by atoms with Crippen LogP contribution in [0, 0.1) is 0 Å². The Morgan fingerprint density at radius 1 is 0.933 bits per heavy atom. The molecule has 30 heavy (non-hydrogen) atoms. The van der Waals surface area contributed by atoms with Crippen molar-refractivity contribution < 1.29 is 4.79 Å². The Labute approximate surface area is 180 Å². The first kappa shape index (κ1) is 18.8. The van der Waals surface area contributed by atoms with Crippen molar-refractivity contribution in [2.75, 3.05) is 5.32 Å². The van der Waals surface area contributed by atoms with Crippen LogP contribution in [-0.4, -0.2) is 11.4 Å². The summed E-state index contributed by atoms with van der Waals surface area (Å²) in [4.78, 5) is 13.4. The van der Waals surface area contributed by atoms with Crippen LogP contribution in [0.1, 0.15) is 18.1 Å². The first-order valence-electron chi connectivity index (χ1n) is 10.2. The maximum Gasteiger partial charge on any atom is 0.260 e. The number of carbonyl (C=O) groups excluding carboxylic acids is 1. The van der Waals surface area contributed by atoms with Crippen molar-refractivity contribution >= 4 is 51.0 Å². The summed E-state index contributed by atoms with van der Waals surface area (Å²) in [5, 5.41) is 11.1. The van der Waals surface area contributed by atoms with Crippen molar-refractivity contribution in [1.29, 1.82) is 0 Å². The zero-order valence-electron chi connectivity index (χ0n) is 16.7. The van der Waals surface area contributed by atoms with Gasteiger partial charge in [-0.15, -0.1) is 0 Å². The SMILES string of the molecule is CCc1ccc(N[C@@H]2NC(=O)/C(=C/c3c4ccccc4cc4ccccc34)S2)cc1. The average molecular weight is 411 g/mol. The highest BCUT2D eigenvalue weighted by Crippen LogP contribution is 2.35. The lowest BCUT2D eigenvalue weighted by atomic mass is 9.96. The Balaban J connectivity index is 1.50. The molecule has 0 radical (unpaired) electrons. The molecule has 1 fully saturated rings. The van der Waals surface area contributed by atoms with Gasteiger partial charge in [0.15, 0.2) is 5.50 Å². The molecule has 3 nitrogen and oxygen atoms in total. The third kappa shape index (κ3) is 3.55. The molecule has 0 unspecified atom stereocenters. The highest BCUT2D eigenvalue weighted by atomic mass is 32.2. The standard InChI is InChI=1S/C26H22N2OS/c1-2-17-11-13-20(14-12-17)27-26-28-25(29)24(30-26)16-23-21-9-5-3-7-18(21)15-19-8-4-6-10-22(19)23/h3-16,26-27H,2H2,1H3,(H,28,29)/b24-16-/t26-/m1/s1. The molecule has 2 N–H and O–H groups in total. The molecule has 1 amide bonds. The summed E-state index contributed by atoms with van der Waals surface area (Å²) in [7, 11) is 0. The van der Waals surface area contributed by atoms with E-state index in [1.54, 1.807) is 0 Å². The third-order valence-corrected chi connectivity index (χ3v) is 6.51. The predicted octanol–water partition coefficient (Wildman–Crippen LogP) is 6.16. The van der Waals surface area contributed by atoms with E-state index in [9.17, 15) is 4.79 Å². The van der Waals surface area contributed by atoms with Crippen LogP contribution < -0.4 is 10.6 Å². The summed E-state index contributed by atoms with van der Waals surface area (Å²) < 4.78 is 0. The first-order chi connectivity index (χ1) is 14.7. The molecular weight excluding hydrogens is 388 g/mol. The van der Waals surface area contributed by atoms with Crippen molar-refractivity contribution in [2.24, 2.45) is 0 Å². The number of fused-ring (bicyclic) bond motifs is 2. The van der Waals surface area contributed by atoms with Crippen LogP contribution in [0.25, 0.3) is 27.6 Å². The molecule has 4 heteroatoms. The summed E-state index contributed by atoms with van der Waals surface area (Å²) >= 11 is 1.52. The Hall–Kier alpha value is -3.24. The number of hydrogen-bond acceptors (Lipinski definition) is 3. The fourth-order valence-corrected chi connectivity index (χ4v) is 4.86. The largest absolute Gasteiger partial charge is 0.357 e. The Bertz CT molecular complexity index is 1220. The normalized spacial score (nSPS) is 17.6. The molecule has 0 bridgehead atoms. The lowest BCUT2D eigenvalue weighted by Gasteiger charge is -2.13. The maximum atomic E-state index is 12.7. The van der Waals surface area contributed by atoms with Crippen LogP contribution in [0.5, 0.6) is 0 Å². The number of thioether (sulfide) groups is 1. The van der Waals surface area contributed by atoms with Gasteiger partial charge in [0, 0.05) is 5.69 Å². The summed E-state index contributed by atoms with van der Waals surface area (Å²) in [6.45, 7) is 2.14. The van der Waals surface area contributed by atoms with Crippen LogP contribution in [0.4, 0.5) is 5.69 Å². The van der Waals surface area contributed by atoms with Gasteiger partial charge < -0.3 is 10.6 Å². The monoisotopic (exact) mass is 410 g/mol. The highest BCUT2D eigenvalue weighted by molar-refractivity contribution is 8.05. The quantitative estimate of drug-likeness (QED) is 0.313. The molecule has 1 aliphatic rings. The van der Waals surface area contributed by atoms with Crippen molar-refractivity contribution in [3.8, 4) is 0 Å². The minimum atomic E-state index is -0.183. The molecule has 0 saturated carbocycles. The number of rotatable bonds is 4. The van der Waals surface area contributed by atoms with Crippen LogP contribution in [0.3, 0.4) is 0 Å². The topological polar surface area (TPSA) is 41.1 Å². The average Bonchev–Trinajstić information content (AvgIpc) is 3.12. The minimum Gasteiger partial charge on any atom is -0.357 e. The van der Waals surface area contributed by atoms with Crippen LogP contribution in [-0.2, 0) is 11.2 Å². The van der Waals surface area contributed by atoms with Crippen molar-refractivity contribution in [3.63, 3.8) is 0 Å². The second-order valence-corrected chi connectivity index (χ2v) is 8.55. The van der Waals surface area contributed by atoms with E-state index in [4.69, 9.17) is 0 Å². The van der Waals surface area contributed by atoms with E-state index in [0.29, 0.717) is 0 Å². The molecule has 0 aliphatic carbocycles. The molecule has 5 rings (SSSR count). The molecule has 148 valence electrons. The van der Waals surface area contributed by atoms with Gasteiger partial charge in [0.1, 0.15) is 0 Å². The van der Waals surface area contributed by atoms with E-state index in [-0.39, 0.29) is 11.4 Å². The number of benzene rings is 4. The second kappa shape index (κ2) is 7.88. The number of anilines is 1. The zero-order chi connectivity index (χ0) is 20.5. The summed E-state index contributed by atoms with van der Waals surface area (Å²) in [5.41, 5.74) is 3.21. The Morgan fingerprint density at radius 2 is 1.57 bits per heavy atom. The molecule has 0 aromatic heterocycles. The van der Waals surface area contributed by atoms with E-state index in [1.807, 2.05) is 18.2 Å². The Kier molecular flexibility index (Phi) is 4.93. The Morgan fingerprint density at radius 3 is 2.20 bits per heavy atom. The highest BCUT2D eigenvalue weighted by Gasteiger charge is 2.27. The van der Waals surface area contributed by atoms with Gasteiger partial charge in [0.25, 0.3) is 5.91 Å². The van der Waals surface area contributed by atoms with Crippen molar-refractivity contribution in [3.05, 3.63) is 94.9 Å². The minimum absolute atomic E-state index is 0.0420. The molecule has 1 heterocycles. The number of hydrogen-bond donors (Lipinski definition) is 2. The second-order valence-electron chi connectivity index (χ2n) is 7.41. The number of carbonyl (C=O) groups is 1. The van der Waals surface area contributed by atoms with E-state index in [1.165, 1.54) is 28.1 Å². The molecule has 0 spiro atoms. The lowest BCUT2D eigenvalue weighted by Crippen LogP contribution is -2.30. The van der Waals surface area contributed by atoms with Gasteiger partial charge in [-0.25, -0.2) is 0 Å². The van der Waals surface area contributed by atoms with Gasteiger partial charge in [-0.2, -0.15) is 0 Å². The zero-order valence-corrected chi connectivity index (χ0v) is 17.5. The third-order valence-electron chi connectivity index (χ3n) is 5.48. The number of aryl methyl sites for hydroxylation is 1. The van der Waals surface area contributed by atoms with E-state index < -0.39 is 0 Å². The first-order valence-corrected chi connectivity index (χ1v) is 11.0. The van der Waals surface area contributed by atoms with E-state index >= 15 is 0 Å². The van der Waals surface area contributed by atoms with Crippen LogP contribution >= 0.6 is 11.8 Å². The summed E-state index contributed by atoms with van der Waals surface area (Å²) in [6, 6.07) is 27.2. The van der Waals surface area contributed by atoms with Gasteiger partial charge in [-0.3, -0.25) is 4.79 Å². The van der Waals surface area contributed by atoms with Crippen LogP contribution in [0.2, 0.25) is 0 Å². The van der Waals surface area contributed by atoms with Gasteiger partial charge >= 0.3 is 0 Å². The molecular formula is C26H22N2OS. The van der Waals surface area contributed by atoms with Crippen molar-refractivity contribution in [2.45, 2.75) is 18.8 Å². The van der Waals surface area contributed by atoms with Gasteiger partial charge in [0.05, 0.1) is 4.91 Å².